The third-order valence-corrected chi connectivity index (χ3v) is 2.15. The Labute approximate surface area is 91.2 Å². The molecular formula is C13H17NO. The van der Waals surface area contributed by atoms with E-state index in [4.69, 9.17) is 0 Å². The van der Waals surface area contributed by atoms with Gasteiger partial charge in [-0.05, 0) is 19.1 Å². The number of carbonyl (C=O) groups excluding carboxylic acids is 1. The summed E-state index contributed by atoms with van der Waals surface area (Å²) in [6.07, 6.45) is 0.427. The number of ketones is 1. The van der Waals surface area contributed by atoms with Crippen LogP contribution < -0.4 is 4.90 Å². The van der Waals surface area contributed by atoms with Crippen molar-refractivity contribution in [3.8, 4) is 0 Å². The Hall–Kier alpha value is -1.57. The molecule has 0 aromatic heterocycles. The van der Waals surface area contributed by atoms with E-state index in [0.29, 0.717) is 6.42 Å². The van der Waals surface area contributed by atoms with Crippen molar-refractivity contribution in [1.29, 1.82) is 0 Å². The first-order valence-electron chi connectivity index (χ1n) is 4.95. The first-order valence-corrected chi connectivity index (χ1v) is 4.95. The molecule has 80 valence electrons. The molecule has 0 heterocycles. The summed E-state index contributed by atoms with van der Waals surface area (Å²) in [4.78, 5) is 13.7. The minimum Gasteiger partial charge on any atom is -0.378 e. The summed E-state index contributed by atoms with van der Waals surface area (Å²) in [5.74, 6) is 0.131. The maximum absolute atomic E-state index is 11.8. The molecule has 0 radical (unpaired) electrons. The lowest BCUT2D eigenvalue weighted by Crippen LogP contribution is -2.09. The summed E-state index contributed by atoms with van der Waals surface area (Å²) >= 11 is 0. The lowest BCUT2D eigenvalue weighted by atomic mass is 10.0. The van der Waals surface area contributed by atoms with E-state index < -0.39 is 0 Å². The fourth-order valence-corrected chi connectivity index (χ4v) is 1.33. The van der Waals surface area contributed by atoms with E-state index in [1.165, 1.54) is 0 Å². The lowest BCUT2D eigenvalue weighted by Gasteiger charge is -2.13. The molecule has 0 aliphatic heterocycles. The molecule has 0 unspecified atom stereocenters. The minimum atomic E-state index is 0.131. The van der Waals surface area contributed by atoms with Gasteiger partial charge in [0, 0.05) is 31.8 Å². The van der Waals surface area contributed by atoms with Crippen LogP contribution in [0.2, 0.25) is 0 Å². The van der Waals surface area contributed by atoms with Gasteiger partial charge in [-0.3, -0.25) is 4.79 Å². The Morgan fingerprint density at radius 3 is 2.60 bits per heavy atom. The smallest absolute Gasteiger partial charge is 0.166 e. The van der Waals surface area contributed by atoms with Crippen molar-refractivity contribution in [1.82, 2.24) is 0 Å². The maximum Gasteiger partial charge on any atom is 0.166 e. The molecular weight excluding hydrogens is 186 g/mol. The first kappa shape index (κ1) is 11.5. The van der Waals surface area contributed by atoms with Crippen molar-refractivity contribution < 1.29 is 4.79 Å². The van der Waals surface area contributed by atoms with Crippen LogP contribution in [0.4, 0.5) is 5.69 Å². The van der Waals surface area contributed by atoms with E-state index in [1.54, 1.807) is 0 Å². The van der Waals surface area contributed by atoms with Crippen molar-refractivity contribution in [2.45, 2.75) is 13.3 Å². The summed E-state index contributed by atoms with van der Waals surface area (Å²) in [6.45, 7) is 5.62. The minimum absolute atomic E-state index is 0.131. The molecule has 0 N–H and O–H groups in total. The Morgan fingerprint density at radius 1 is 1.40 bits per heavy atom. The van der Waals surface area contributed by atoms with Crippen LogP contribution >= 0.6 is 0 Å². The van der Waals surface area contributed by atoms with Gasteiger partial charge in [0.25, 0.3) is 0 Å². The van der Waals surface area contributed by atoms with E-state index in [2.05, 4.69) is 6.58 Å². The van der Waals surface area contributed by atoms with Gasteiger partial charge in [-0.25, -0.2) is 0 Å². The Bertz CT molecular complexity index is 380. The SMILES string of the molecule is C=C(C)CC(=O)c1cccc(N(C)C)c1. The van der Waals surface area contributed by atoms with Crippen LogP contribution in [0.1, 0.15) is 23.7 Å². The largest absolute Gasteiger partial charge is 0.378 e. The number of hydrogen-bond donors (Lipinski definition) is 0. The van der Waals surface area contributed by atoms with Gasteiger partial charge in [-0.15, -0.1) is 0 Å². The highest BCUT2D eigenvalue weighted by Gasteiger charge is 2.06. The monoisotopic (exact) mass is 203 g/mol. The zero-order valence-corrected chi connectivity index (χ0v) is 9.58. The molecule has 0 atom stereocenters. The highest BCUT2D eigenvalue weighted by molar-refractivity contribution is 5.98. The molecule has 0 amide bonds. The van der Waals surface area contributed by atoms with Crippen LogP contribution in [0.15, 0.2) is 36.4 Å². The average Bonchev–Trinajstić information content (AvgIpc) is 2.17. The van der Waals surface area contributed by atoms with Crippen molar-refractivity contribution in [2.24, 2.45) is 0 Å². The van der Waals surface area contributed by atoms with Crippen molar-refractivity contribution >= 4 is 11.5 Å². The second kappa shape index (κ2) is 4.78. The highest BCUT2D eigenvalue weighted by Crippen LogP contribution is 2.15. The molecule has 2 nitrogen and oxygen atoms in total. The zero-order valence-electron chi connectivity index (χ0n) is 9.58. The molecule has 0 bridgehead atoms. The number of anilines is 1. The number of carbonyl (C=O) groups is 1. The van der Waals surface area contributed by atoms with E-state index >= 15 is 0 Å². The molecule has 0 aliphatic rings. The molecule has 0 aliphatic carbocycles. The average molecular weight is 203 g/mol. The number of allylic oxidation sites excluding steroid dienone is 1. The summed E-state index contributed by atoms with van der Waals surface area (Å²) in [5.41, 5.74) is 2.70. The van der Waals surface area contributed by atoms with E-state index in [1.807, 2.05) is 50.2 Å². The van der Waals surface area contributed by atoms with Crippen LogP contribution in [0.3, 0.4) is 0 Å². The van der Waals surface area contributed by atoms with Crippen LogP contribution in [0.5, 0.6) is 0 Å². The summed E-state index contributed by atoms with van der Waals surface area (Å²) in [7, 11) is 3.92. The Kier molecular flexibility index (Phi) is 3.67. The van der Waals surface area contributed by atoms with Crippen LogP contribution in [-0.2, 0) is 0 Å². The number of benzene rings is 1. The fourth-order valence-electron chi connectivity index (χ4n) is 1.33. The zero-order chi connectivity index (χ0) is 11.4. The Morgan fingerprint density at radius 2 is 2.07 bits per heavy atom. The predicted octanol–water partition coefficient (Wildman–Crippen LogP) is 2.90. The molecule has 0 fully saturated rings. The summed E-state index contributed by atoms with van der Waals surface area (Å²) < 4.78 is 0. The molecule has 0 saturated heterocycles. The number of rotatable bonds is 4. The molecule has 15 heavy (non-hydrogen) atoms. The van der Waals surface area contributed by atoms with Crippen LogP contribution in [0, 0.1) is 0 Å². The van der Waals surface area contributed by atoms with E-state index in [9.17, 15) is 4.79 Å². The van der Waals surface area contributed by atoms with Gasteiger partial charge >= 0.3 is 0 Å². The number of hydrogen-bond acceptors (Lipinski definition) is 2. The summed E-state index contributed by atoms with van der Waals surface area (Å²) in [5, 5.41) is 0. The van der Waals surface area contributed by atoms with Gasteiger partial charge in [0.2, 0.25) is 0 Å². The quantitative estimate of drug-likeness (QED) is 0.554. The third-order valence-electron chi connectivity index (χ3n) is 2.15. The third kappa shape index (κ3) is 3.24. The predicted molar refractivity (Wildman–Crippen MR) is 64.5 cm³/mol. The summed E-state index contributed by atoms with van der Waals surface area (Å²) in [6, 6.07) is 7.64. The van der Waals surface area contributed by atoms with Gasteiger partial charge in [0.1, 0.15) is 0 Å². The molecule has 0 spiro atoms. The number of nitrogens with zero attached hydrogens (tertiary/aromatic N) is 1. The highest BCUT2D eigenvalue weighted by atomic mass is 16.1. The second-order valence-electron chi connectivity index (χ2n) is 4.00. The van der Waals surface area contributed by atoms with Crippen molar-refractivity contribution in [3.63, 3.8) is 0 Å². The van der Waals surface area contributed by atoms with E-state index in [-0.39, 0.29) is 5.78 Å². The molecule has 1 aromatic carbocycles. The van der Waals surface area contributed by atoms with Gasteiger partial charge in [-0.1, -0.05) is 24.3 Å². The van der Waals surface area contributed by atoms with Gasteiger partial charge in [-0.2, -0.15) is 0 Å². The standard InChI is InChI=1S/C13H17NO/c1-10(2)8-13(15)11-6-5-7-12(9-11)14(3)4/h5-7,9H,1,8H2,2-4H3. The van der Waals surface area contributed by atoms with Gasteiger partial charge in [0.05, 0.1) is 0 Å². The second-order valence-corrected chi connectivity index (χ2v) is 4.00. The first-order chi connectivity index (χ1) is 7.00. The van der Waals surface area contributed by atoms with Crippen LogP contribution in [0.25, 0.3) is 0 Å². The molecule has 0 saturated carbocycles. The normalized spacial score (nSPS) is 9.80. The fraction of sp³-hybridized carbons (Fsp3) is 0.308. The lowest BCUT2D eigenvalue weighted by molar-refractivity contribution is 0.0993. The van der Waals surface area contributed by atoms with E-state index in [0.717, 1.165) is 16.8 Å². The molecule has 2 heteroatoms. The van der Waals surface area contributed by atoms with Crippen molar-refractivity contribution in [3.05, 3.63) is 42.0 Å². The van der Waals surface area contributed by atoms with Gasteiger partial charge in [0.15, 0.2) is 5.78 Å². The van der Waals surface area contributed by atoms with Crippen LogP contribution in [-0.4, -0.2) is 19.9 Å². The van der Waals surface area contributed by atoms with Gasteiger partial charge < -0.3 is 4.90 Å². The van der Waals surface area contributed by atoms with Crippen molar-refractivity contribution in [2.75, 3.05) is 19.0 Å². The maximum atomic E-state index is 11.8. The number of Topliss-reactive ketones (excluding diaryl/α,β-unsaturated/α-hetero) is 1. The Balaban J connectivity index is 2.90. The molecule has 1 aromatic rings. The molecule has 1 rings (SSSR count). The topological polar surface area (TPSA) is 20.3 Å².